The van der Waals surface area contributed by atoms with Crippen LogP contribution in [0.1, 0.15) is 23.4 Å². The summed E-state index contributed by atoms with van der Waals surface area (Å²) >= 11 is 1.56. The van der Waals surface area contributed by atoms with Gasteiger partial charge in [-0.05, 0) is 20.3 Å². The Bertz CT molecular complexity index is 413. The van der Waals surface area contributed by atoms with Crippen molar-refractivity contribution in [1.82, 2.24) is 10.1 Å². The maximum absolute atomic E-state index is 11.8. The van der Waals surface area contributed by atoms with E-state index in [9.17, 15) is 9.90 Å². The molecule has 18 heavy (non-hydrogen) atoms. The molecule has 1 amide bonds. The minimum Gasteiger partial charge on any atom is -0.391 e. The highest BCUT2D eigenvalue weighted by Crippen LogP contribution is 2.20. The molecule has 0 aromatic carbocycles. The minimum absolute atomic E-state index is 0.100. The van der Waals surface area contributed by atoms with E-state index >= 15 is 0 Å². The van der Waals surface area contributed by atoms with Gasteiger partial charge in [0.15, 0.2) is 0 Å². The Hall–Kier alpha value is -1.01. The molecule has 0 radical (unpaired) electrons. The molecular weight excluding hydrogens is 252 g/mol. The zero-order valence-electron chi connectivity index (χ0n) is 10.7. The topological polar surface area (TPSA) is 66.6 Å². The van der Waals surface area contributed by atoms with E-state index < -0.39 is 0 Å². The number of carbonyl (C=O) groups is 1. The summed E-state index contributed by atoms with van der Waals surface area (Å²) in [5.74, 6) is 2.10. The molecule has 1 aliphatic rings. The number of aliphatic hydroxyl groups excluding tert-OH is 1. The predicted octanol–water partition coefficient (Wildman–Crippen LogP) is 1.12. The second-order valence-electron chi connectivity index (χ2n) is 4.58. The van der Waals surface area contributed by atoms with Gasteiger partial charge >= 0.3 is 0 Å². The van der Waals surface area contributed by atoms with Gasteiger partial charge in [-0.25, -0.2) is 0 Å². The first-order chi connectivity index (χ1) is 8.58. The average molecular weight is 270 g/mol. The molecule has 0 saturated carbocycles. The van der Waals surface area contributed by atoms with Crippen molar-refractivity contribution in [3.05, 3.63) is 17.0 Å². The van der Waals surface area contributed by atoms with Gasteiger partial charge in [-0.15, -0.1) is 11.8 Å². The fourth-order valence-electron chi connectivity index (χ4n) is 2.01. The van der Waals surface area contributed by atoms with Crippen LogP contribution in [0.15, 0.2) is 4.52 Å². The Morgan fingerprint density at radius 3 is 2.94 bits per heavy atom. The van der Waals surface area contributed by atoms with Crippen molar-refractivity contribution in [2.75, 3.05) is 18.8 Å². The molecule has 1 atom stereocenters. The van der Waals surface area contributed by atoms with E-state index in [1.54, 1.807) is 16.7 Å². The van der Waals surface area contributed by atoms with E-state index in [2.05, 4.69) is 5.16 Å². The molecule has 0 aliphatic carbocycles. The predicted molar refractivity (Wildman–Crippen MR) is 69.3 cm³/mol. The molecule has 1 aromatic heterocycles. The van der Waals surface area contributed by atoms with Gasteiger partial charge in [0.25, 0.3) is 0 Å². The number of aromatic nitrogens is 1. The summed E-state index contributed by atoms with van der Waals surface area (Å²) < 4.78 is 5.07. The van der Waals surface area contributed by atoms with Crippen LogP contribution in [0, 0.1) is 13.8 Å². The average Bonchev–Trinajstić information content (AvgIpc) is 2.89. The van der Waals surface area contributed by atoms with Gasteiger partial charge in [-0.2, -0.15) is 0 Å². The first-order valence-electron chi connectivity index (χ1n) is 6.03. The summed E-state index contributed by atoms with van der Waals surface area (Å²) in [6.07, 6.45) is 0.349. The molecular formula is C12H18N2O3S. The maximum atomic E-state index is 11.8. The Morgan fingerprint density at radius 1 is 1.61 bits per heavy atom. The summed E-state index contributed by atoms with van der Waals surface area (Å²) in [6, 6.07) is 0. The van der Waals surface area contributed by atoms with Crippen molar-refractivity contribution in [2.45, 2.75) is 32.1 Å². The maximum Gasteiger partial charge on any atom is 0.232 e. The van der Waals surface area contributed by atoms with Crippen molar-refractivity contribution < 1.29 is 14.4 Å². The number of aryl methyl sites for hydroxylation is 2. The molecule has 1 aliphatic heterocycles. The van der Waals surface area contributed by atoms with Crippen molar-refractivity contribution in [1.29, 1.82) is 0 Å². The van der Waals surface area contributed by atoms with Crippen molar-refractivity contribution >= 4 is 17.7 Å². The number of aliphatic hydroxyl groups is 1. The minimum atomic E-state index is -0.346. The lowest BCUT2D eigenvalue weighted by Crippen LogP contribution is -2.31. The molecule has 0 bridgehead atoms. The van der Waals surface area contributed by atoms with E-state index in [0.717, 1.165) is 22.8 Å². The zero-order chi connectivity index (χ0) is 13.1. The number of likely N-dealkylation sites (tertiary alicyclic amines) is 1. The Balaban J connectivity index is 1.77. The van der Waals surface area contributed by atoms with Crippen LogP contribution in [-0.2, 0) is 10.5 Å². The van der Waals surface area contributed by atoms with Gasteiger partial charge < -0.3 is 14.5 Å². The smallest absolute Gasteiger partial charge is 0.232 e. The van der Waals surface area contributed by atoms with Crippen LogP contribution in [0.3, 0.4) is 0 Å². The summed E-state index contributed by atoms with van der Waals surface area (Å²) in [4.78, 5) is 13.6. The van der Waals surface area contributed by atoms with Crippen LogP contribution in [-0.4, -0.2) is 46.0 Å². The van der Waals surface area contributed by atoms with E-state index in [0.29, 0.717) is 25.3 Å². The fraction of sp³-hybridized carbons (Fsp3) is 0.667. The number of nitrogens with zero attached hydrogens (tertiary/aromatic N) is 2. The van der Waals surface area contributed by atoms with Gasteiger partial charge in [-0.3, -0.25) is 4.79 Å². The second kappa shape index (κ2) is 5.75. The van der Waals surface area contributed by atoms with Crippen LogP contribution in [0.4, 0.5) is 0 Å². The third-order valence-corrected chi connectivity index (χ3v) is 4.11. The zero-order valence-corrected chi connectivity index (χ0v) is 11.5. The largest absolute Gasteiger partial charge is 0.391 e. The first kappa shape index (κ1) is 13.4. The third kappa shape index (κ3) is 3.05. The first-order valence-corrected chi connectivity index (χ1v) is 7.18. The number of β-amino-alcohol motifs (C(OH)–C–C–N with tert-alkyl or cyclic N) is 1. The molecule has 6 heteroatoms. The molecule has 1 saturated heterocycles. The number of hydrogen-bond acceptors (Lipinski definition) is 5. The molecule has 1 N–H and O–H groups in total. The molecule has 100 valence electrons. The van der Waals surface area contributed by atoms with Crippen molar-refractivity contribution in [3.63, 3.8) is 0 Å². The lowest BCUT2D eigenvalue weighted by molar-refractivity contribution is -0.127. The van der Waals surface area contributed by atoms with E-state index in [1.807, 2.05) is 13.8 Å². The Morgan fingerprint density at radius 2 is 2.39 bits per heavy atom. The van der Waals surface area contributed by atoms with E-state index in [-0.39, 0.29) is 12.0 Å². The van der Waals surface area contributed by atoms with E-state index in [4.69, 9.17) is 4.52 Å². The molecule has 2 rings (SSSR count). The van der Waals surface area contributed by atoms with Crippen LogP contribution in [0.2, 0.25) is 0 Å². The summed E-state index contributed by atoms with van der Waals surface area (Å²) in [5, 5.41) is 13.3. The highest BCUT2D eigenvalue weighted by molar-refractivity contribution is 7.99. The standard InChI is InChI=1S/C12H18N2O3S/c1-8-11(9(2)17-13-8)6-18-7-12(16)14-4-3-10(15)5-14/h10,15H,3-7H2,1-2H3/t10-/m1/s1. The van der Waals surface area contributed by atoms with Crippen molar-refractivity contribution in [3.8, 4) is 0 Å². The van der Waals surface area contributed by atoms with Gasteiger partial charge in [0.2, 0.25) is 5.91 Å². The number of carbonyl (C=O) groups excluding carboxylic acids is 1. The lowest BCUT2D eigenvalue weighted by atomic mass is 10.2. The second-order valence-corrected chi connectivity index (χ2v) is 5.56. The monoisotopic (exact) mass is 270 g/mol. The highest BCUT2D eigenvalue weighted by atomic mass is 32.2. The molecule has 1 fully saturated rings. The van der Waals surface area contributed by atoms with E-state index in [1.165, 1.54) is 0 Å². The Labute approximate surface area is 111 Å². The SMILES string of the molecule is Cc1noc(C)c1CSCC(=O)N1CC[C@@H](O)C1. The lowest BCUT2D eigenvalue weighted by Gasteiger charge is -2.14. The molecule has 2 heterocycles. The number of thioether (sulfide) groups is 1. The van der Waals surface area contributed by atoms with Crippen LogP contribution >= 0.6 is 11.8 Å². The summed E-state index contributed by atoms with van der Waals surface area (Å²) in [6.45, 7) is 4.94. The fourth-order valence-corrected chi connectivity index (χ4v) is 3.08. The van der Waals surface area contributed by atoms with Crippen LogP contribution < -0.4 is 0 Å². The quantitative estimate of drug-likeness (QED) is 0.888. The number of rotatable bonds is 4. The Kier molecular flexibility index (Phi) is 4.29. The van der Waals surface area contributed by atoms with Gasteiger partial charge in [-0.1, -0.05) is 5.16 Å². The molecule has 0 spiro atoms. The van der Waals surface area contributed by atoms with Gasteiger partial charge in [0.1, 0.15) is 5.76 Å². The van der Waals surface area contributed by atoms with Crippen molar-refractivity contribution in [2.24, 2.45) is 0 Å². The summed E-state index contributed by atoms with van der Waals surface area (Å²) in [5.41, 5.74) is 1.97. The summed E-state index contributed by atoms with van der Waals surface area (Å²) in [7, 11) is 0. The number of amides is 1. The van der Waals surface area contributed by atoms with Crippen LogP contribution in [0.5, 0.6) is 0 Å². The molecule has 0 unspecified atom stereocenters. The highest BCUT2D eigenvalue weighted by Gasteiger charge is 2.24. The normalized spacial score (nSPS) is 19.5. The van der Waals surface area contributed by atoms with Crippen LogP contribution in [0.25, 0.3) is 0 Å². The third-order valence-electron chi connectivity index (χ3n) is 3.17. The van der Waals surface area contributed by atoms with Gasteiger partial charge in [0.05, 0.1) is 17.6 Å². The molecule has 5 nitrogen and oxygen atoms in total. The molecule has 1 aromatic rings. The van der Waals surface area contributed by atoms with Gasteiger partial charge in [0, 0.05) is 24.4 Å². The number of hydrogen-bond donors (Lipinski definition) is 1.